The summed E-state index contributed by atoms with van der Waals surface area (Å²) in [7, 11) is 0. The highest BCUT2D eigenvalue weighted by atomic mass is 35.5. The van der Waals surface area contributed by atoms with E-state index in [1.807, 2.05) is 6.07 Å². The lowest BCUT2D eigenvalue weighted by atomic mass is 9.81. The van der Waals surface area contributed by atoms with Gasteiger partial charge in [-0.15, -0.1) is 24.8 Å². The smallest absolute Gasteiger partial charge is 0.222 e. The summed E-state index contributed by atoms with van der Waals surface area (Å²) in [6.45, 7) is 8.52. The maximum absolute atomic E-state index is 12.3. The fourth-order valence-electron chi connectivity index (χ4n) is 3.69. The van der Waals surface area contributed by atoms with Crippen LogP contribution in [0.3, 0.4) is 0 Å². The van der Waals surface area contributed by atoms with Gasteiger partial charge in [-0.1, -0.05) is 37.3 Å². The number of rotatable bonds is 6. The van der Waals surface area contributed by atoms with Crippen molar-refractivity contribution in [2.24, 2.45) is 5.41 Å². The largest absolute Gasteiger partial charge is 0.375 e. The molecule has 0 bridgehead atoms. The van der Waals surface area contributed by atoms with Crippen molar-refractivity contribution in [3.05, 3.63) is 35.9 Å². The minimum atomic E-state index is -0.00158. The van der Waals surface area contributed by atoms with E-state index in [9.17, 15) is 4.79 Å². The predicted molar refractivity (Wildman–Crippen MR) is 114 cm³/mol. The number of benzene rings is 1. The summed E-state index contributed by atoms with van der Waals surface area (Å²) >= 11 is 0. The van der Waals surface area contributed by atoms with Crippen LogP contribution in [0.15, 0.2) is 30.3 Å². The fourth-order valence-corrected chi connectivity index (χ4v) is 3.69. The maximum atomic E-state index is 12.3. The van der Waals surface area contributed by atoms with Gasteiger partial charge in [-0.25, -0.2) is 0 Å². The number of hydrogen-bond acceptors (Lipinski definition) is 4. The van der Waals surface area contributed by atoms with Crippen LogP contribution in [0.25, 0.3) is 0 Å². The number of piperidine rings is 1. The molecule has 5 nitrogen and oxygen atoms in total. The van der Waals surface area contributed by atoms with E-state index >= 15 is 0 Å². The standard InChI is InChI=1S/C20H31N3O2.2ClH/c1-20(7-9-21-10-8-20)16-22-19(24)13-18-15-23(11-12-25-18)14-17-5-3-2-4-6-17;;/h2-6,18,21H,7-16H2,1H3,(H,22,24);2*1H. The second-order valence-electron chi connectivity index (χ2n) is 7.76. The number of carbonyl (C=O) groups is 1. The Morgan fingerprint density at radius 1 is 1.26 bits per heavy atom. The molecule has 1 aromatic rings. The van der Waals surface area contributed by atoms with Crippen LogP contribution in [0.1, 0.15) is 31.7 Å². The first-order chi connectivity index (χ1) is 12.1. The van der Waals surface area contributed by atoms with E-state index < -0.39 is 0 Å². The van der Waals surface area contributed by atoms with Gasteiger partial charge >= 0.3 is 0 Å². The lowest BCUT2D eigenvalue weighted by Crippen LogP contribution is -2.46. The molecule has 0 aliphatic carbocycles. The molecule has 2 aliphatic heterocycles. The molecule has 27 heavy (non-hydrogen) atoms. The molecule has 0 aromatic heterocycles. The molecule has 2 fully saturated rings. The number of ether oxygens (including phenoxy) is 1. The summed E-state index contributed by atoms with van der Waals surface area (Å²) in [5.74, 6) is 0.117. The number of halogens is 2. The van der Waals surface area contributed by atoms with Gasteiger partial charge in [0.15, 0.2) is 0 Å². The van der Waals surface area contributed by atoms with E-state index in [1.165, 1.54) is 5.56 Å². The summed E-state index contributed by atoms with van der Waals surface area (Å²) in [4.78, 5) is 14.7. The van der Waals surface area contributed by atoms with E-state index in [-0.39, 0.29) is 42.2 Å². The van der Waals surface area contributed by atoms with Gasteiger partial charge in [0.2, 0.25) is 5.91 Å². The third kappa shape index (κ3) is 7.96. The zero-order valence-electron chi connectivity index (χ0n) is 16.1. The highest BCUT2D eigenvalue weighted by Gasteiger charge is 2.28. The predicted octanol–water partition coefficient (Wildman–Crippen LogP) is 2.63. The van der Waals surface area contributed by atoms with Gasteiger partial charge in [0.25, 0.3) is 0 Å². The molecule has 7 heteroatoms. The molecular formula is C20H33Cl2N3O2. The third-order valence-corrected chi connectivity index (χ3v) is 5.41. The van der Waals surface area contributed by atoms with E-state index in [4.69, 9.17) is 4.74 Å². The maximum Gasteiger partial charge on any atom is 0.222 e. The Morgan fingerprint density at radius 3 is 2.67 bits per heavy atom. The van der Waals surface area contributed by atoms with E-state index in [0.717, 1.165) is 52.1 Å². The van der Waals surface area contributed by atoms with Crippen molar-refractivity contribution in [3.63, 3.8) is 0 Å². The fraction of sp³-hybridized carbons (Fsp3) is 0.650. The van der Waals surface area contributed by atoms with Gasteiger partial charge in [-0.05, 0) is 36.9 Å². The van der Waals surface area contributed by atoms with Gasteiger partial charge in [-0.2, -0.15) is 0 Å². The van der Waals surface area contributed by atoms with Crippen molar-refractivity contribution in [3.8, 4) is 0 Å². The normalized spacial score (nSPS) is 22.2. The third-order valence-electron chi connectivity index (χ3n) is 5.41. The van der Waals surface area contributed by atoms with Crippen LogP contribution in [0, 0.1) is 5.41 Å². The van der Waals surface area contributed by atoms with E-state index in [0.29, 0.717) is 13.0 Å². The highest BCUT2D eigenvalue weighted by Crippen LogP contribution is 2.26. The molecule has 3 rings (SSSR count). The second kappa shape index (κ2) is 11.9. The van der Waals surface area contributed by atoms with Gasteiger partial charge in [0.1, 0.15) is 0 Å². The summed E-state index contributed by atoms with van der Waals surface area (Å²) in [6.07, 6.45) is 2.70. The molecule has 1 atom stereocenters. The number of hydrogen-bond donors (Lipinski definition) is 2. The van der Waals surface area contributed by atoms with Crippen LogP contribution >= 0.6 is 24.8 Å². The van der Waals surface area contributed by atoms with Crippen molar-refractivity contribution in [1.82, 2.24) is 15.5 Å². The molecule has 1 amide bonds. The Balaban J connectivity index is 0.00000182. The zero-order valence-corrected chi connectivity index (χ0v) is 17.7. The van der Waals surface area contributed by atoms with Crippen molar-refractivity contribution in [2.75, 3.05) is 39.3 Å². The van der Waals surface area contributed by atoms with Crippen molar-refractivity contribution in [2.45, 2.75) is 38.8 Å². The van der Waals surface area contributed by atoms with Crippen LogP contribution < -0.4 is 10.6 Å². The lowest BCUT2D eigenvalue weighted by Gasteiger charge is -2.35. The molecule has 2 N–H and O–H groups in total. The average molecular weight is 418 g/mol. The topological polar surface area (TPSA) is 53.6 Å². The molecule has 1 unspecified atom stereocenters. The Kier molecular flexibility index (Phi) is 10.6. The Morgan fingerprint density at radius 2 is 1.96 bits per heavy atom. The Hall–Kier alpha value is -0.850. The zero-order chi connectivity index (χ0) is 17.5. The second-order valence-corrected chi connectivity index (χ2v) is 7.76. The first-order valence-corrected chi connectivity index (χ1v) is 9.48. The van der Waals surface area contributed by atoms with Gasteiger partial charge < -0.3 is 15.4 Å². The van der Waals surface area contributed by atoms with Crippen LogP contribution in [-0.4, -0.2) is 56.2 Å². The molecule has 154 valence electrons. The van der Waals surface area contributed by atoms with Gasteiger partial charge in [0.05, 0.1) is 19.1 Å². The summed E-state index contributed by atoms with van der Waals surface area (Å²) < 4.78 is 5.82. The Bertz CT molecular complexity index is 553. The van der Waals surface area contributed by atoms with Gasteiger partial charge in [0, 0.05) is 26.2 Å². The molecule has 0 saturated carbocycles. The number of nitrogens with one attached hydrogen (secondary N) is 2. The average Bonchev–Trinajstić information content (AvgIpc) is 2.62. The number of morpholine rings is 1. The molecule has 2 aliphatic rings. The molecule has 0 radical (unpaired) electrons. The molecular weight excluding hydrogens is 385 g/mol. The summed E-state index contributed by atoms with van der Waals surface area (Å²) in [5, 5.41) is 6.52. The number of amides is 1. The molecule has 2 saturated heterocycles. The molecule has 0 spiro atoms. The van der Waals surface area contributed by atoms with Crippen molar-refractivity contribution >= 4 is 30.7 Å². The quantitative estimate of drug-likeness (QED) is 0.746. The van der Waals surface area contributed by atoms with Crippen molar-refractivity contribution < 1.29 is 9.53 Å². The van der Waals surface area contributed by atoms with Crippen LogP contribution in [0.4, 0.5) is 0 Å². The monoisotopic (exact) mass is 417 g/mol. The SMILES string of the molecule is CC1(CNC(=O)CC2CN(Cc3ccccc3)CCO2)CCNCC1.Cl.Cl. The van der Waals surface area contributed by atoms with Crippen LogP contribution in [0.5, 0.6) is 0 Å². The van der Waals surface area contributed by atoms with E-state index in [1.54, 1.807) is 0 Å². The van der Waals surface area contributed by atoms with E-state index in [2.05, 4.69) is 46.7 Å². The molecule has 2 heterocycles. The number of nitrogens with zero attached hydrogens (tertiary/aromatic N) is 1. The first kappa shape index (κ1) is 24.2. The van der Waals surface area contributed by atoms with Gasteiger partial charge in [-0.3, -0.25) is 9.69 Å². The summed E-state index contributed by atoms with van der Waals surface area (Å²) in [5.41, 5.74) is 1.54. The van der Waals surface area contributed by atoms with Crippen LogP contribution in [-0.2, 0) is 16.1 Å². The lowest BCUT2D eigenvalue weighted by molar-refractivity contribution is -0.126. The minimum Gasteiger partial charge on any atom is -0.375 e. The molecule has 1 aromatic carbocycles. The highest BCUT2D eigenvalue weighted by molar-refractivity contribution is 5.85. The minimum absolute atomic E-state index is 0. The first-order valence-electron chi connectivity index (χ1n) is 9.48. The van der Waals surface area contributed by atoms with Crippen molar-refractivity contribution in [1.29, 1.82) is 0 Å². The van der Waals surface area contributed by atoms with Crippen LogP contribution in [0.2, 0.25) is 0 Å². The summed E-state index contributed by atoms with van der Waals surface area (Å²) in [6, 6.07) is 10.5. The number of carbonyl (C=O) groups excluding carboxylic acids is 1. The Labute approximate surface area is 175 Å².